The zero-order valence-corrected chi connectivity index (χ0v) is 10.9. The van der Waals surface area contributed by atoms with Gasteiger partial charge in [0.05, 0.1) is 5.56 Å². The summed E-state index contributed by atoms with van der Waals surface area (Å²) in [6, 6.07) is 5.57. The van der Waals surface area contributed by atoms with E-state index >= 15 is 0 Å². The van der Waals surface area contributed by atoms with Crippen LogP contribution in [0.4, 0.5) is 0 Å². The average molecular weight is 250 g/mol. The molecule has 92 valence electrons. The number of carboxylic acids is 1. The highest BCUT2D eigenvalue weighted by Gasteiger charge is 2.17. The fourth-order valence-electron chi connectivity index (χ4n) is 2.31. The minimum Gasteiger partial charge on any atom is -0.478 e. The Kier molecular flexibility index (Phi) is 4.11. The van der Waals surface area contributed by atoms with Crippen molar-refractivity contribution in [3.63, 3.8) is 0 Å². The number of rotatable bonds is 4. The topological polar surface area (TPSA) is 37.3 Å². The second-order valence-electron chi connectivity index (χ2n) is 4.77. The number of carboxylic acid groups (broad SMARTS) is 1. The lowest BCUT2D eigenvalue weighted by molar-refractivity contribution is 0.0693. The van der Waals surface area contributed by atoms with Crippen LogP contribution in [0.1, 0.15) is 41.6 Å². The summed E-state index contributed by atoms with van der Waals surface area (Å²) in [7, 11) is 0. The summed E-state index contributed by atoms with van der Waals surface area (Å²) in [5.41, 5.74) is 1.57. The number of benzene rings is 1. The van der Waals surface area contributed by atoms with Gasteiger partial charge in [-0.05, 0) is 43.4 Å². The average Bonchev–Trinajstić information content (AvgIpc) is 2.78. The standard InChI is InChI=1S/C14H18O2S/c1-10-6-7-12(14(15)16)13(8-10)17-9-11-4-2-3-5-11/h6-8,11H,2-5,9H2,1H3,(H,15,16). The van der Waals surface area contributed by atoms with Crippen molar-refractivity contribution in [3.8, 4) is 0 Å². The first-order valence-corrected chi connectivity index (χ1v) is 7.12. The van der Waals surface area contributed by atoms with Gasteiger partial charge in [-0.2, -0.15) is 0 Å². The molecular formula is C14H18O2S. The quantitative estimate of drug-likeness (QED) is 0.821. The van der Waals surface area contributed by atoms with E-state index in [2.05, 4.69) is 0 Å². The molecule has 1 fully saturated rings. The number of hydrogen-bond acceptors (Lipinski definition) is 2. The van der Waals surface area contributed by atoms with E-state index in [1.54, 1.807) is 17.8 Å². The van der Waals surface area contributed by atoms with Gasteiger partial charge in [-0.25, -0.2) is 4.79 Å². The van der Waals surface area contributed by atoms with Gasteiger partial charge < -0.3 is 5.11 Å². The largest absolute Gasteiger partial charge is 0.478 e. The minimum atomic E-state index is -0.820. The van der Waals surface area contributed by atoms with Crippen molar-refractivity contribution in [3.05, 3.63) is 29.3 Å². The first-order chi connectivity index (χ1) is 8.16. The highest BCUT2D eigenvalue weighted by atomic mass is 32.2. The summed E-state index contributed by atoms with van der Waals surface area (Å²) in [5.74, 6) is 1.02. The molecule has 0 saturated heterocycles. The summed E-state index contributed by atoms with van der Waals surface area (Å²) in [4.78, 5) is 12.0. The molecule has 0 heterocycles. The lowest BCUT2D eigenvalue weighted by atomic mass is 10.1. The van der Waals surface area contributed by atoms with Gasteiger partial charge in [0, 0.05) is 10.6 Å². The van der Waals surface area contributed by atoms with E-state index in [4.69, 9.17) is 5.11 Å². The highest BCUT2D eigenvalue weighted by molar-refractivity contribution is 7.99. The van der Waals surface area contributed by atoms with Gasteiger partial charge >= 0.3 is 5.97 Å². The van der Waals surface area contributed by atoms with Crippen molar-refractivity contribution in [1.82, 2.24) is 0 Å². The van der Waals surface area contributed by atoms with Crippen LogP contribution in [-0.4, -0.2) is 16.8 Å². The predicted molar refractivity (Wildman–Crippen MR) is 70.8 cm³/mol. The first-order valence-electron chi connectivity index (χ1n) is 6.13. The number of aryl methyl sites for hydroxylation is 1. The molecule has 17 heavy (non-hydrogen) atoms. The van der Waals surface area contributed by atoms with E-state index in [1.807, 2.05) is 19.1 Å². The van der Waals surface area contributed by atoms with Gasteiger partial charge in [0.1, 0.15) is 0 Å². The Morgan fingerprint density at radius 1 is 1.41 bits per heavy atom. The smallest absolute Gasteiger partial charge is 0.336 e. The molecule has 0 spiro atoms. The molecule has 1 aliphatic carbocycles. The van der Waals surface area contributed by atoms with E-state index < -0.39 is 5.97 Å². The fourth-order valence-corrected chi connectivity index (χ4v) is 3.64. The molecule has 0 atom stereocenters. The number of hydrogen-bond donors (Lipinski definition) is 1. The van der Waals surface area contributed by atoms with Gasteiger partial charge in [0.15, 0.2) is 0 Å². The zero-order valence-electron chi connectivity index (χ0n) is 10.1. The van der Waals surface area contributed by atoms with Crippen LogP contribution < -0.4 is 0 Å². The molecule has 1 aromatic rings. The highest BCUT2D eigenvalue weighted by Crippen LogP contribution is 2.32. The van der Waals surface area contributed by atoms with Gasteiger partial charge in [-0.15, -0.1) is 11.8 Å². The lowest BCUT2D eigenvalue weighted by Crippen LogP contribution is -2.02. The van der Waals surface area contributed by atoms with Crippen LogP contribution in [0, 0.1) is 12.8 Å². The Morgan fingerprint density at radius 3 is 2.76 bits per heavy atom. The van der Waals surface area contributed by atoms with Crippen molar-refractivity contribution in [2.75, 3.05) is 5.75 Å². The monoisotopic (exact) mass is 250 g/mol. The summed E-state index contributed by atoms with van der Waals surface area (Å²) < 4.78 is 0. The maximum atomic E-state index is 11.1. The van der Waals surface area contributed by atoms with Crippen LogP contribution >= 0.6 is 11.8 Å². The van der Waals surface area contributed by atoms with Crippen LogP contribution in [0.25, 0.3) is 0 Å². The van der Waals surface area contributed by atoms with E-state index in [-0.39, 0.29) is 0 Å². The Bertz CT molecular complexity index is 409. The molecular weight excluding hydrogens is 232 g/mol. The van der Waals surface area contributed by atoms with Crippen molar-refractivity contribution < 1.29 is 9.90 Å². The van der Waals surface area contributed by atoms with Crippen molar-refractivity contribution in [2.24, 2.45) is 5.92 Å². The predicted octanol–water partition coefficient (Wildman–Crippen LogP) is 3.98. The summed E-state index contributed by atoms with van der Waals surface area (Å²) in [5, 5.41) is 9.14. The SMILES string of the molecule is Cc1ccc(C(=O)O)c(SCC2CCCC2)c1. The molecule has 0 bridgehead atoms. The molecule has 1 aliphatic rings. The van der Waals surface area contributed by atoms with Crippen molar-refractivity contribution in [2.45, 2.75) is 37.5 Å². The molecule has 0 amide bonds. The molecule has 0 unspecified atom stereocenters. The van der Waals surface area contributed by atoms with E-state index in [9.17, 15) is 4.79 Å². The third-order valence-electron chi connectivity index (χ3n) is 3.32. The summed E-state index contributed by atoms with van der Waals surface area (Å²) in [6.07, 6.45) is 5.29. The van der Waals surface area contributed by atoms with Crippen molar-refractivity contribution in [1.29, 1.82) is 0 Å². The molecule has 0 aromatic heterocycles. The Labute approximate surface area is 106 Å². The second-order valence-corrected chi connectivity index (χ2v) is 5.83. The zero-order chi connectivity index (χ0) is 12.3. The van der Waals surface area contributed by atoms with Crippen LogP contribution in [-0.2, 0) is 0 Å². The second kappa shape index (κ2) is 5.58. The fraction of sp³-hybridized carbons (Fsp3) is 0.500. The summed E-state index contributed by atoms with van der Waals surface area (Å²) in [6.45, 7) is 2.01. The normalized spacial score (nSPS) is 16.3. The maximum absolute atomic E-state index is 11.1. The van der Waals surface area contributed by atoms with Crippen LogP contribution in [0.3, 0.4) is 0 Å². The van der Waals surface area contributed by atoms with Crippen LogP contribution in [0.15, 0.2) is 23.1 Å². The number of carbonyl (C=O) groups is 1. The number of thioether (sulfide) groups is 1. The Hall–Kier alpha value is -0.960. The molecule has 1 saturated carbocycles. The Balaban J connectivity index is 2.07. The van der Waals surface area contributed by atoms with Gasteiger partial charge in [-0.1, -0.05) is 18.9 Å². The molecule has 1 aromatic carbocycles. The Morgan fingerprint density at radius 2 is 2.12 bits per heavy atom. The van der Waals surface area contributed by atoms with E-state index in [0.29, 0.717) is 5.56 Å². The number of aromatic carboxylic acids is 1. The minimum absolute atomic E-state index is 0.443. The molecule has 0 aliphatic heterocycles. The molecule has 1 N–H and O–H groups in total. The van der Waals surface area contributed by atoms with Crippen molar-refractivity contribution >= 4 is 17.7 Å². The third kappa shape index (κ3) is 3.25. The van der Waals surface area contributed by atoms with E-state index in [0.717, 1.165) is 22.1 Å². The summed E-state index contributed by atoms with van der Waals surface area (Å²) >= 11 is 1.71. The molecule has 3 heteroatoms. The molecule has 0 radical (unpaired) electrons. The van der Waals surface area contributed by atoms with Crippen LogP contribution in [0.5, 0.6) is 0 Å². The third-order valence-corrected chi connectivity index (χ3v) is 4.60. The van der Waals surface area contributed by atoms with Crippen LogP contribution in [0.2, 0.25) is 0 Å². The van der Waals surface area contributed by atoms with E-state index in [1.165, 1.54) is 25.7 Å². The lowest BCUT2D eigenvalue weighted by Gasteiger charge is -2.10. The van der Waals surface area contributed by atoms with Gasteiger partial charge in [0.25, 0.3) is 0 Å². The molecule has 2 rings (SSSR count). The van der Waals surface area contributed by atoms with Gasteiger partial charge in [-0.3, -0.25) is 0 Å². The first kappa shape index (κ1) is 12.5. The maximum Gasteiger partial charge on any atom is 0.336 e. The van der Waals surface area contributed by atoms with Gasteiger partial charge in [0.2, 0.25) is 0 Å². The molecule has 2 nitrogen and oxygen atoms in total.